The standard InChI is InChI=1S/C19H18ClFN2O2/c20-17-4-2-1-3-14(17)15-11-16(15)19(25)23(10-9-18(22)24)13-7-5-12(21)6-8-13/h1-8,15-16H,9-11H2,(H2,22,24). The summed E-state index contributed by atoms with van der Waals surface area (Å²) in [5, 5.41) is 0.647. The van der Waals surface area contributed by atoms with E-state index in [0.29, 0.717) is 17.1 Å². The van der Waals surface area contributed by atoms with Gasteiger partial charge in [0.25, 0.3) is 0 Å². The molecule has 2 aromatic rings. The van der Waals surface area contributed by atoms with Crippen LogP contribution in [-0.4, -0.2) is 18.4 Å². The van der Waals surface area contributed by atoms with Crippen molar-refractivity contribution >= 4 is 29.1 Å². The van der Waals surface area contributed by atoms with Crippen molar-refractivity contribution in [2.24, 2.45) is 11.7 Å². The van der Waals surface area contributed by atoms with Crippen LogP contribution in [-0.2, 0) is 9.59 Å². The third-order valence-electron chi connectivity index (χ3n) is 4.40. The second-order valence-electron chi connectivity index (χ2n) is 6.15. The molecular formula is C19H18ClFN2O2. The second-order valence-corrected chi connectivity index (χ2v) is 6.56. The van der Waals surface area contributed by atoms with E-state index >= 15 is 0 Å². The Morgan fingerprint density at radius 3 is 2.48 bits per heavy atom. The molecule has 6 heteroatoms. The van der Waals surface area contributed by atoms with Gasteiger partial charge in [0, 0.05) is 29.6 Å². The molecule has 0 spiro atoms. The molecule has 2 unspecified atom stereocenters. The summed E-state index contributed by atoms with van der Waals surface area (Å²) >= 11 is 6.22. The van der Waals surface area contributed by atoms with Crippen molar-refractivity contribution in [1.82, 2.24) is 0 Å². The summed E-state index contributed by atoms with van der Waals surface area (Å²) in [5.74, 6) is -1.10. The van der Waals surface area contributed by atoms with Crippen LogP contribution in [0.4, 0.5) is 10.1 Å². The maximum Gasteiger partial charge on any atom is 0.230 e. The zero-order valence-electron chi connectivity index (χ0n) is 13.5. The monoisotopic (exact) mass is 360 g/mol. The lowest BCUT2D eigenvalue weighted by Gasteiger charge is -2.22. The van der Waals surface area contributed by atoms with E-state index in [1.54, 1.807) is 0 Å². The molecule has 0 aliphatic heterocycles. The highest BCUT2D eigenvalue weighted by molar-refractivity contribution is 6.31. The Balaban J connectivity index is 1.79. The van der Waals surface area contributed by atoms with Crippen molar-refractivity contribution in [1.29, 1.82) is 0 Å². The lowest BCUT2D eigenvalue weighted by molar-refractivity contribution is -0.120. The van der Waals surface area contributed by atoms with Gasteiger partial charge >= 0.3 is 0 Å². The predicted octanol–water partition coefficient (Wildman–Crippen LogP) is 3.49. The van der Waals surface area contributed by atoms with Gasteiger partial charge in [-0.2, -0.15) is 0 Å². The summed E-state index contributed by atoms with van der Waals surface area (Å²) in [6.45, 7) is 0.172. The number of nitrogens with zero attached hydrogens (tertiary/aromatic N) is 1. The summed E-state index contributed by atoms with van der Waals surface area (Å²) in [6, 6.07) is 13.1. The molecular weight excluding hydrogens is 343 g/mol. The molecule has 2 N–H and O–H groups in total. The maximum atomic E-state index is 13.2. The maximum absolute atomic E-state index is 13.2. The molecule has 0 aromatic heterocycles. The van der Waals surface area contributed by atoms with Crippen LogP contribution in [0.15, 0.2) is 48.5 Å². The minimum absolute atomic E-state index is 0.0482. The van der Waals surface area contributed by atoms with Crippen LogP contribution in [0, 0.1) is 11.7 Å². The van der Waals surface area contributed by atoms with Gasteiger partial charge in [-0.25, -0.2) is 4.39 Å². The minimum atomic E-state index is -0.488. The Morgan fingerprint density at radius 1 is 1.16 bits per heavy atom. The average Bonchev–Trinajstić information content (AvgIpc) is 3.37. The molecule has 1 aliphatic rings. The first-order chi connectivity index (χ1) is 12.0. The number of rotatable bonds is 6. The molecule has 3 rings (SSSR count). The molecule has 0 saturated heterocycles. The number of hydrogen-bond donors (Lipinski definition) is 1. The fraction of sp³-hybridized carbons (Fsp3) is 0.263. The zero-order chi connectivity index (χ0) is 18.0. The summed E-state index contributed by atoms with van der Waals surface area (Å²) in [4.78, 5) is 25.6. The van der Waals surface area contributed by atoms with Crippen LogP contribution >= 0.6 is 11.6 Å². The van der Waals surface area contributed by atoms with Crippen molar-refractivity contribution in [3.8, 4) is 0 Å². The van der Waals surface area contributed by atoms with Gasteiger partial charge in [-0.1, -0.05) is 29.8 Å². The highest BCUT2D eigenvalue weighted by Crippen LogP contribution is 2.50. The molecule has 1 aliphatic carbocycles. The van der Waals surface area contributed by atoms with Gasteiger partial charge in [0.2, 0.25) is 11.8 Å². The summed E-state index contributed by atoms with van der Waals surface area (Å²) in [6.07, 6.45) is 0.753. The van der Waals surface area contributed by atoms with Crippen LogP contribution in [0.2, 0.25) is 5.02 Å². The van der Waals surface area contributed by atoms with Gasteiger partial charge in [-0.3, -0.25) is 9.59 Å². The number of primary amides is 1. The Labute approximate surface area is 150 Å². The highest BCUT2D eigenvalue weighted by atomic mass is 35.5. The van der Waals surface area contributed by atoms with Crippen LogP contribution < -0.4 is 10.6 Å². The molecule has 2 amide bonds. The zero-order valence-corrected chi connectivity index (χ0v) is 14.2. The van der Waals surface area contributed by atoms with Gasteiger partial charge in [0.1, 0.15) is 5.82 Å². The molecule has 1 fully saturated rings. The number of carbonyl (C=O) groups is 2. The van der Waals surface area contributed by atoms with Gasteiger partial charge in [0.15, 0.2) is 0 Å². The third-order valence-corrected chi connectivity index (χ3v) is 4.74. The normalized spacial score (nSPS) is 18.6. The molecule has 130 valence electrons. The Morgan fingerprint density at radius 2 is 1.84 bits per heavy atom. The molecule has 1 saturated carbocycles. The predicted molar refractivity (Wildman–Crippen MR) is 94.9 cm³/mol. The van der Waals surface area contributed by atoms with E-state index in [0.717, 1.165) is 5.56 Å². The molecule has 0 bridgehead atoms. The second kappa shape index (κ2) is 7.23. The third kappa shape index (κ3) is 3.99. The molecule has 2 atom stereocenters. The quantitative estimate of drug-likeness (QED) is 0.857. The van der Waals surface area contributed by atoms with Crippen molar-refractivity contribution in [2.75, 3.05) is 11.4 Å². The first-order valence-corrected chi connectivity index (χ1v) is 8.45. The van der Waals surface area contributed by atoms with Crippen LogP contribution in [0.3, 0.4) is 0 Å². The largest absolute Gasteiger partial charge is 0.370 e. The van der Waals surface area contributed by atoms with E-state index < -0.39 is 5.91 Å². The van der Waals surface area contributed by atoms with E-state index in [9.17, 15) is 14.0 Å². The van der Waals surface area contributed by atoms with Crippen molar-refractivity contribution < 1.29 is 14.0 Å². The molecule has 2 aromatic carbocycles. The van der Waals surface area contributed by atoms with Crippen molar-refractivity contribution in [2.45, 2.75) is 18.8 Å². The average molecular weight is 361 g/mol. The fourth-order valence-corrected chi connectivity index (χ4v) is 3.27. The first kappa shape index (κ1) is 17.4. The van der Waals surface area contributed by atoms with E-state index in [4.69, 9.17) is 17.3 Å². The van der Waals surface area contributed by atoms with Crippen LogP contribution in [0.25, 0.3) is 0 Å². The topological polar surface area (TPSA) is 63.4 Å². The van der Waals surface area contributed by atoms with Gasteiger partial charge in [-0.15, -0.1) is 0 Å². The summed E-state index contributed by atoms with van der Waals surface area (Å²) in [7, 11) is 0. The number of hydrogen-bond acceptors (Lipinski definition) is 2. The lowest BCUT2D eigenvalue weighted by Crippen LogP contribution is -2.35. The van der Waals surface area contributed by atoms with E-state index in [1.165, 1.54) is 29.2 Å². The number of amides is 2. The van der Waals surface area contributed by atoms with Gasteiger partial charge in [0.05, 0.1) is 0 Å². The van der Waals surface area contributed by atoms with Crippen molar-refractivity contribution in [3.05, 3.63) is 64.9 Å². The Hall–Kier alpha value is -2.40. The van der Waals surface area contributed by atoms with E-state index in [-0.39, 0.29) is 36.5 Å². The van der Waals surface area contributed by atoms with E-state index in [1.807, 2.05) is 24.3 Å². The smallest absolute Gasteiger partial charge is 0.230 e. The van der Waals surface area contributed by atoms with Crippen LogP contribution in [0.1, 0.15) is 24.3 Å². The van der Waals surface area contributed by atoms with Crippen LogP contribution in [0.5, 0.6) is 0 Å². The van der Waals surface area contributed by atoms with E-state index in [2.05, 4.69) is 0 Å². The number of halogens is 2. The Bertz CT molecular complexity index is 794. The number of benzene rings is 2. The highest BCUT2D eigenvalue weighted by Gasteiger charge is 2.46. The SMILES string of the molecule is NC(=O)CCN(C(=O)C1CC1c1ccccc1Cl)c1ccc(F)cc1. The molecule has 25 heavy (non-hydrogen) atoms. The number of carbonyl (C=O) groups excluding carboxylic acids is 2. The minimum Gasteiger partial charge on any atom is -0.370 e. The molecule has 0 radical (unpaired) electrons. The van der Waals surface area contributed by atoms with Crippen molar-refractivity contribution in [3.63, 3.8) is 0 Å². The molecule has 0 heterocycles. The fourth-order valence-electron chi connectivity index (χ4n) is 3.00. The Kier molecular flexibility index (Phi) is 5.04. The summed E-state index contributed by atoms with van der Waals surface area (Å²) in [5.41, 5.74) is 6.73. The lowest BCUT2D eigenvalue weighted by atomic mass is 10.1. The summed E-state index contributed by atoms with van der Waals surface area (Å²) < 4.78 is 13.2. The first-order valence-electron chi connectivity index (χ1n) is 8.07. The molecule has 4 nitrogen and oxygen atoms in total. The number of anilines is 1. The van der Waals surface area contributed by atoms with Gasteiger partial charge < -0.3 is 10.6 Å². The number of nitrogens with two attached hydrogens (primary N) is 1. The van der Waals surface area contributed by atoms with Gasteiger partial charge in [-0.05, 0) is 48.2 Å².